The zero-order valence-corrected chi connectivity index (χ0v) is 20.2. The van der Waals surface area contributed by atoms with Crippen molar-refractivity contribution in [3.8, 4) is 0 Å². The monoisotopic (exact) mass is 474 g/mol. The molecule has 2 fully saturated rings. The molecule has 184 valence electrons. The first-order valence-corrected chi connectivity index (χ1v) is 12.9. The van der Waals surface area contributed by atoms with E-state index in [2.05, 4.69) is 27.7 Å². The van der Waals surface area contributed by atoms with Crippen LogP contribution >= 0.6 is 0 Å². The maximum Gasteiger partial charge on any atom is 0.255 e. The van der Waals surface area contributed by atoms with Gasteiger partial charge in [-0.3, -0.25) is 19.3 Å². The molecule has 7 nitrogen and oxygen atoms in total. The quantitative estimate of drug-likeness (QED) is 0.616. The summed E-state index contributed by atoms with van der Waals surface area (Å²) < 4.78 is 0. The highest BCUT2D eigenvalue weighted by atomic mass is 16.2. The molecule has 1 saturated carbocycles. The number of hydrogen-bond donors (Lipinski definition) is 2. The van der Waals surface area contributed by atoms with E-state index < -0.39 is 6.04 Å². The van der Waals surface area contributed by atoms with E-state index in [1.54, 1.807) is 11.0 Å². The Bertz CT molecular complexity index is 1090. The van der Waals surface area contributed by atoms with E-state index >= 15 is 0 Å². The molecule has 5 rings (SSSR count). The highest BCUT2D eigenvalue weighted by Gasteiger charge is 2.47. The van der Waals surface area contributed by atoms with Crippen molar-refractivity contribution >= 4 is 17.7 Å². The van der Waals surface area contributed by atoms with Crippen LogP contribution in [0.25, 0.3) is 0 Å². The number of carbonyl (C=O) groups excluding carboxylic acids is 3. The van der Waals surface area contributed by atoms with Gasteiger partial charge in [0.2, 0.25) is 11.8 Å². The maximum atomic E-state index is 13.0. The average Bonchev–Trinajstić information content (AvgIpc) is 3.70. The second-order valence-corrected chi connectivity index (χ2v) is 9.94. The lowest BCUT2D eigenvalue weighted by Crippen LogP contribution is -2.43. The highest BCUT2D eigenvalue weighted by Crippen LogP contribution is 2.41. The largest absolute Gasteiger partial charge is 0.350 e. The highest BCUT2D eigenvalue weighted by molar-refractivity contribution is 6.05. The number of benzene rings is 2. The molecule has 2 aromatic carbocycles. The van der Waals surface area contributed by atoms with Crippen molar-refractivity contribution in [2.75, 3.05) is 19.6 Å². The summed E-state index contributed by atoms with van der Waals surface area (Å²) in [6.45, 7) is 3.54. The van der Waals surface area contributed by atoms with E-state index in [0.29, 0.717) is 12.1 Å². The van der Waals surface area contributed by atoms with Crippen LogP contribution in [0.15, 0.2) is 48.5 Å². The van der Waals surface area contributed by atoms with Gasteiger partial charge in [0.25, 0.3) is 5.91 Å². The molecule has 0 spiro atoms. The number of likely N-dealkylation sites (tertiary alicyclic amines) is 1. The molecule has 1 unspecified atom stereocenters. The van der Waals surface area contributed by atoms with E-state index in [4.69, 9.17) is 0 Å². The number of nitrogens with zero attached hydrogens (tertiary/aromatic N) is 2. The molecule has 35 heavy (non-hydrogen) atoms. The van der Waals surface area contributed by atoms with Crippen molar-refractivity contribution in [1.82, 2.24) is 20.4 Å². The first-order valence-electron chi connectivity index (χ1n) is 12.9. The van der Waals surface area contributed by atoms with Crippen molar-refractivity contribution in [1.29, 1.82) is 0 Å². The van der Waals surface area contributed by atoms with Crippen molar-refractivity contribution in [2.24, 2.45) is 0 Å². The number of amides is 3. The Kier molecular flexibility index (Phi) is 7.13. The van der Waals surface area contributed by atoms with Crippen LogP contribution in [0.2, 0.25) is 0 Å². The Morgan fingerprint density at radius 2 is 1.63 bits per heavy atom. The van der Waals surface area contributed by atoms with Crippen LogP contribution in [0.3, 0.4) is 0 Å². The molecule has 2 heterocycles. The van der Waals surface area contributed by atoms with Gasteiger partial charge in [-0.1, -0.05) is 55.3 Å². The third-order valence-electron chi connectivity index (χ3n) is 7.20. The molecular formula is C28H34N4O3. The molecule has 2 N–H and O–H groups in total. The lowest BCUT2D eigenvalue weighted by Gasteiger charge is -2.24. The minimum absolute atomic E-state index is 0.0900. The summed E-state index contributed by atoms with van der Waals surface area (Å²) >= 11 is 0. The van der Waals surface area contributed by atoms with Crippen LogP contribution in [0.5, 0.6) is 0 Å². The normalized spacial score (nSPS) is 20.3. The fourth-order valence-corrected chi connectivity index (χ4v) is 5.25. The topological polar surface area (TPSA) is 81.8 Å². The minimum Gasteiger partial charge on any atom is -0.350 e. The number of fused-ring (bicyclic) bond motifs is 1. The van der Waals surface area contributed by atoms with Crippen molar-refractivity contribution in [3.63, 3.8) is 0 Å². The molecule has 1 atom stereocenters. The third kappa shape index (κ3) is 5.56. The van der Waals surface area contributed by atoms with Gasteiger partial charge in [-0.25, -0.2) is 0 Å². The van der Waals surface area contributed by atoms with Gasteiger partial charge < -0.3 is 15.5 Å². The summed E-state index contributed by atoms with van der Waals surface area (Å²) in [4.78, 5) is 42.6. The van der Waals surface area contributed by atoms with Crippen LogP contribution in [-0.4, -0.2) is 53.2 Å². The molecular weight excluding hydrogens is 440 g/mol. The number of rotatable bonds is 8. The van der Waals surface area contributed by atoms with Gasteiger partial charge in [0.05, 0.1) is 6.54 Å². The molecule has 1 saturated heterocycles. The summed E-state index contributed by atoms with van der Waals surface area (Å²) in [7, 11) is 0. The molecule has 1 aliphatic carbocycles. The number of nitrogens with one attached hydrogen (secondary N) is 2. The van der Waals surface area contributed by atoms with Gasteiger partial charge in [0.15, 0.2) is 0 Å². The van der Waals surface area contributed by atoms with Gasteiger partial charge in [0, 0.05) is 24.7 Å². The summed E-state index contributed by atoms with van der Waals surface area (Å²) in [5, 5.41) is 5.67. The van der Waals surface area contributed by atoms with Crippen molar-refractivity contribution in [2.45, 2.75) is 63.7 Å². The fourth-order valence-electron chi connectivity index (χ4n) is 5.25. The van der Waals surface area contributed by atoms with E-state index in [9.17, 15) is 14.4 Å². The van der Waals surface area contributed by atoms with E-state index in [-0.39, 0.29) is 30.3 Å². The third-order valence-corrected chi connectivity index (χ3v) is 7.20. The molecule has 3 amide bonds. The summed E-state index contributed by atoms with van der Waals surface area (Å²) in [5.41, 5.74) is 3.62. The van der Waals surface area contributed by atoms with Gasteiger partial charge in [-0.05, 0) is 61.5 Å². The standard InChI is InChI=1S/C28H34N4O3/c33-25(29-17-20-8-7-9-21(16-20)19-31-14-5-1-2-6-15-31)18-30-27(34)26-23-10-3-4-11-24(23)28(35)32(26)22-12-13-22/h3-4,7-11,16,22,26H,1-2,5-6,12-15,17-19H2,(H,29,33)(H,30,34). The second-order valence-electron chi connectivity index (χ2n) is 9.94. The van der Waals surface area contributed by atoms with Gasteiger partial charge in [0.1, 0.15) is 6.04 Å². The molecule has 2 aliphatic heterocycles. The number of carbonyl (C=O) groups is 3. The Hall–Kier alpha value is -3.19. The summed E-state index contributed by atoms with van der Waals surface area (Å²) in [6.07, 6.45) is 7.01. The van der Waals surface area contributed by atoms with Gasteiger partial charge >= 0.3 is 0 Å². The summed E-state index contributed by atoms with van der Waals surface area (Å²) in [5.74, 6) is -0.635. The lowest BCUT2D eigenvalue weighted by atomic mass is 10.0. The molecule has 2 aromatic rings. The predicted molar refractivity (Wildman–Crippen MR) is 133 cm³/mol. The van der Waals surface area contributed by atoms with Crippen molar-refractivity contribution in [3.05, 3.63) is 70.8 Å². The first-order chi connectivity index (χ1) is 17.1. The molecule has 0 bridgehead atoms. The predicted octanol–water partition coefficient (Wildman–Crippen LogP) is 3.15. The SMILES string of the molecule is O=C(CNC(=O)C1c2ccccc2C(=O)N1C1CC1)NCc1cccc(CN2CCCCCC2)c1. The van der Waals surface area contributed by atoms with E-state index in [1.165, 1.54) is 31.2 Å². The van der Waals surface area contributed by atoms with E-state index in [0.717, 1.165) is 43.6 Å². The summed E-state index contributed by atoms with van der Waals surface area (Å²) in [6, 6.07) is 15.1. The fraction of sp³-hybridized carbons (Fsp3) is 0.464. The van der Waals surface area contributed by atoms with Gasteiger partial charge in [-0.2, -0.15) is 0 Å². The molecule has 3 aliphatic rings. The molecule has 7 heteroatoms. The molecule has 0 radical (unpaired) electrons. The van der Waals surface area contributed by atoms with Crippen LogP contribution in [-0.2, 0) is 22.7 Å². The number of hydrogen-bond acceptors (Lipinski definition) is 4. The van der Waals surface area contributed by atoms with Crippen LogP contribution in [0.1, 0.15) is 71.6 Å². The van der Waals surface area contributed by atoms with Gasteiger partial charge in [-0.15, -0.1) is 0 Å². The van der Waals surface area contributed by atoms with Crippen LogP contribution < -0.4 is 10.6 Å². The Morgan fingerprint density at radius 3 is 2.40 bits per heavy atom. The second kappa shape index (κ2) is 10.6. The van der Waals surface area contributed by atoms with E-state index in [1.807, 2.05) is 30.3 Å². The zero-order chi connectivity index (χ0) is 24.2. The Balaban J connectivity index is 1.13. The van der Waals surface area contributed by atoms with Crippen LogP contribution in [0.4, 0.5) is 0 Å². The maximum absolute atomic E-state index is 13.0. The Labute approximate surface area is 206 Å². The molecule has 0 aromatic heterocycles. The first kappa shape index (κ1) is 23.5. The zero-order valence-electron chi connectivity index (χ0n) is 20.2. The minimum atomic E-state index is -0.658. The lowest BCUT2D eigenvalue weighted by molar-refractivity contribution is -0.129. The van der Waals surface area contributed by atoms with Crippen molar-refractivity contribution < 1.29 is 14.4 Å². The average molecular weight is 475 g/mol. The van der Waals surface area contributed by atoms with Crippen LogP contribution in [0, 0.1) is 0 Å². The smallest absolute Gasteiger partial charge is 0.255 e. The Morgan fingerprint density at radius 1 is 0.886 bits per heavy atom.